The zero-order valence-corrected chi connectivity index (χ0v) is 13.8. The van der Waals surface area contributed by atoms with E-state index in [9.17, 15) is 4.39 Å². The minimum Gasteiger partial charge on any atom is -0.489 e. The second-order valence-electron chi connectivity index (χ2n) is 5.12. The van der Waals surface area contributed by atoms with Gasteiger partial charge in [0.05, 0.1) is 6.21 Å². The molecule has 24 heavy (non-hydrogen) atoms. The number of rotatable bonds is 5. The molecule has 122 valence electrons. The molecule has 2 aromatic carbocycles. The number of ether oxygens (including phenoxy) is 1. The van der Waals surface area contributed by atoms with E-state index in [4.69, 9.17) is 17.0 Å². The van der Waals surface area contributed by atoms with E-state index in [2.05, 4.69) is 15.3 Å². The van der Waals surface area contributed by atoms with Crippen molar-refractivity contribution in [2.75, 3.05) is 0 Å². The van der Waals surface area contributed by atoms with Crippen LogP contribution in [0.1, 0.15) is 17.0 Å². The van der Waals surface area contributed by atoms with Crippen LogP contribution in [0.15, 0.2) is 53.6 Å². The van der Waals surface area contributed by atoms with Crippen LogP contribution < -0.4 is 4.74 Å². The molecule has 7 heteroatoms. The van der Waals surface area contributed by atoms with Gasteiger partial charge in [0.25, 0.3) is 0 Å². The summed E-state index contributed by atoms with van der Waals surface area (Å²) >= 11 is 5.10. The highest BCUT2D eigenvalue weighted by Gasteiger charge is 2.00. The van der Waals surface area contributed by atoms with Gasteiger partial charge in [-0.25, -0.2) is 4.39 Å². The van der Waals surface area contributed by atoms with E-state index in [1.165, 1.54) is 12.1 Å². The van der Waals surface area contributed by atoms with Gasteiger partial charge in [-0.3, -0.25) is 5.10 Å². The fraction of sp³-hybridized carbons (Fsp3) is 0.118. The number of hydrogen-bond acceptors (Lipinski definition) is 4. The Balaban J connectivity index is 1.70. The van der Waals surface area contributed by atoms with E-state index in [1.807, 2.05) is 31.2 Å². The highest BCUT2D eigenvalue weighted by atomic mass is 32.1. The Bertz CT molecular complexity index is 915. The van der Waals surface area contributed by atoms with Crippen LogP contribution in [0.2, 0.25) is 0 Å². The average molecular weight is 342 g/mol. The Kier molecular flexibility index (Phi) is 4.81. The lowest BCUT2D eigenvalue weighted by atomic mass is 10.2. The standard InChI is InChI=1S/C17H15FN4OS/c1-12-20-21-17(24)22(12)19-10-14-3-2-4-16(9-14)23-11-13-5-7-15(18)8-6-13/h2-10H,11H2,1H3,(H,21,24)/b19-10+. The third kappa shape index (κ3) is 3.94. The van der Waals surface area contributed by atoms with Crippen molar-refractivity contribution in [3.05, 3.63) is 76.1 Å². The molecule has 0 unspecified atom stereocenters. The summed E-state index contributed by atoms with van der Waals surface area (Å²) in [5.74, 6) is 1.13. The highest BCUT2D eigenvalue weighted by Crippen LogP contribution is 2.14. The quantitative estimate of drug-likeness (QED) is 0.566. The normalized spacial score (nSPS) is 11.1. The van der Waals surface area contributed by atoms with E-state index < -0.39 is 0 Å². The van der Waals surface area contributed by atoms with E-state index in [0.717, 1.165) is 11.1 Å². The van der Waals surface area contributed by atoms with Gasteiger partial charge in [0, 0.05) is 0 Å². The van der Waals surface area contributed by atoms with Crippen LogP contribution in [-0.2, 0) is 6.61 Å². The number of hydrogen-bond donors (Lipinski definition) is 1. The SMILES string of the molecule is Cc1n[nH]c(=S)n1/N=C/c1cccc(OCc2ccc(F)cc2)c1. The van der Waals surface area contributed by atoms with Crippen molar-refractivity contribution in [2.45, 2.75) is 13.5 Å². The number of H-pyrrole nitrogens is 1. The molecule has 0 saturated heterocycles. The Hall–Kier alpha value is -2.80. The molecule has 3 aromatic rings. The third-order valence-electron chi connectivity index (χ3n) is 3.31. The predicted molar refractivity (Wildman–Crippen MR) is 92.3 cm³/mol. The largest absolute Gasteiger partial charge is 0.489 e. The molecule has 0 saturated carbocycles. The first-order chi connectivity index (χ1) is 11.6. The molecule has 1 aromatic heterocycles. The zero-order valence-electron chi connectivity index (χ0n) is 12.9. The molecule has 5 nitrogen and oxygen atoms in total. The van der Waals surface area contributed by atoms with Crippen molar-refractivity contribution < 1.29 is 9.13 Å². The van der Waals surface area contributed by atoms with Crippen LogP contribution in [0.3, 0.4) is 0 Å². The number of halogens is 1. The number of aromatic nitrogens is 3. The monoisotopic (exact) mass is 342 g/mol. The molecule has 0 fully saturated rings. The molecule has 3 rings (SSSR count). The van der Waals surface area contributed by atoms with E-state index in [0.29, 0.717) is 23.0 Å². The van der Waals surface area contributed by atoms with Gasteiger partial charge in [-0.05, 0) is 54.5 Å². The summed E-state index contributed by atoms with van der Waals surface area (Å²) in [4.78, 5) is 0. The molecular formula is C17H15FN4OS. The lowest BCUT2D eigenvalue weighted by Gasteiger charge is -2.07. The van der Waals surface area contributed by atoms with Gasteiger partial charge in [0.1, 0.15) is 24.0 Å². The highest BCUT2D eigenvalue weighted by molar-refractivity contribution is 7.71. The van der Waals surface area contributed by atoms with Gasteiger partial charge < -0.3 is 4.74 Å². The Morgan fingerprint density at radius 3 is 2.79 bits per heavy atom. The summed E-state index contributed by atoms with van der Waals surface area (Å²) in [6, 6.07) is 13.7. The number of aryl methyl sites for hydroxylation is 1. The molecule has 0 radical (unpaired) electrons. The summed E-state index contributed by atoms with van der Waals surface area (Å²) in [6.07, 6.45) is 1.68. The zero-order chi connectivity index (χ0) is 16.9. The van der Waals surface area contributed by atoms with Crippen LogP contribution in [0.25, 0.3) is 0 Å². The third-order valence-corrected chi connectivity index (χ3v) is 3.58. The first kappa shape index (κ1) is 16.1. The molecule has 0 atom stereocenters. The van der Waals surface area contributed by atoms with Gasteiger partial charge >= 0.3 is 0 Å². The summed E-state index contributed by atoms with van der Waals surface area (Å²) in [5, 5.41) is 11.0. The lowest BCUT2D eigenvalue weighted by molar-refractivity contribution is 0.306. The second kappa shape index (κ2) is 7.18. The van der Waals surface area contributed by atoms with Crippen LogP contribution >= 0.6 is 12.2 Å². The number of aromatic amines is 1. The summed E-state index contributed by atoms with van der Waals surface area (Å²) in [6.45, 7) is 2.18. The van der Waals surface area contributed by atoms with E-state index >= 15 is 0 Å². The van der Waals surface area contributed by atoms with Gasteiger partial charge in [0.15, 0.2) is 0 Å². The molecule has 0 spiro atoms. The summed E-state index contributed by atoms with van der Waals surface area (Å²) in [7, 11) is 0. The Labute approximate surface area is 143 Å². The number of nitrogens with zero attached hydrogens (tertiary/aromatic N) is 3. The second-order valence-corrected chi connectivity index (χ2v) is 5.51. The van der Waals surface area contributed by atoms with Crippen molar-refractivity contribution in [2.24, 2.45) is 5.10 Å². The Morgan fingerprint density at radius 1 is 1.29 bits per heavy atom. The first-order valence-corrected chi connectivity index (χ1v) is 7.68. The molecule has 0 aliphatic rings. The van der Waals surface area contributed by atoms with Crippen molar-refractivity contribution in [1.29, 1.82) is 0 Å². The van der Waals surface area contributed by atoms with Crippen LogP contribution in [-0.4, -0.2) is 21.1 Å². The lowest BCUT2D eigenvalue weighted by Crippen LogP contribution is -1.97. The number of nitrogens with one attached hydrogen (secondary N) is 1. The van der Waals surface area contributed by atoms with Crippen LogP contribution in [0, 0.1) is 17.5 Å². The van der Waals surface area contributed by atoms with Gasteiger partial charge in [-0.1, -0.05) is 24.3 Å². The smallest absolute Gasteiger partial charge is 0.216 e. The molecule has 0 aliphatic carbocycles. The molecule has 1 heterocycles. The summed E-state index contributed by atoms with van der Waals surface area (Å²) in [5.41, 5.74) is 1.77. The maximum atomic E-state index is 12.9. The minimum atomic E-state index is -0.259. The molecule has 0 bridgehead atoms. The molecule has 1 N–H and O–H groups in total. The van der Waals surface area contributed by atoms with E-state index in [-0.39, 0.29) is 5.82 Å². The predicted octanol–water partition coefficient (Wildman–Crippen LogP) is 3.85. The van der Waals surface area contributed by atoms with Crippen molar-refractivity contribution in [3.63, 3.8) is 0 Å². The topological polar surface area (TPSA) is 55.2 Å². The minimum absolute atomic E-state index is 0.259. The van der Waals surface area contributed by atoms with Crippen molar-refractivity contribution in [1.82, 2.24) is 14.9 Å². The first-order valence-electron chi connectivity index (χ1n) is 7.27. The van der Waals surface area contributed by atoms with Gasteiger partial charge in [0.2, 0.25) is 4.77 Å². The maximum Gasteiger partial charge on any atom is 0.216 e. The van der Waals surface area contributed by atoms with Crippen molar-refractivity contribution in [3.8, 4) is 5.75 Å². The van der Waals surface area contributed by atoms with Crippen LogP contribution in [0.4, 0.5) is 4.39 Å². The van der Waals surface area contributed by atoms with Gasteiger partial charge in [-0.2, -0.15) is 14.9 Å². The van der Waals surface area contributed by atoms with Crippen molar-refractivity contribution >= 4 is 18.4 Å². The fourth-order valence-electron chi connectivity index (χ4n) is 2.06. The molecule has 0 aliphatic heterocycles. The molecule has 0 amide bonds. The fourth-order valence-corrected chi connectivity index (χ4v) is 2.29. The van der Waals surface area contributed by atoms with Gasteiger partial charge in [-0.15, -0.1) is 0 Å². The number of benzene rings is 2. The van der Waals surface area contributed by atoms with Crippen LogP contribution in [0.5, 0.6) is 5.75 Å². The molecular weight excluding hydrogens is 327 g/mol. The van der Waals surface area contributed by atoms with E-state index in [1.54, 1.807) is 23.0 Å². The Morgan fingerprint density at radius 2 is 2.08 bits per heavy atom. The average Bonchev–Trinajstić information content (AvgIpc) is 2.91. The summed E-state index contributed by atoms with van der Waals surface area (Å²) < 4.78 is 20.6. The maximum absolute atomic E-state index is 12.9.